The number of aromatic nitrogens is 1. The smallest absolute Gasteiger partial charge is 0.0981 e. The van der Waals surface area contributed by atoms with Gasteiger partial charge < -0.3 is 5.32 Å². The molecule has 0 saturated heterocycles. The number of thiazole rings is 1. The lowest BCUT2D eigenvalue weighted by atomic mass is 9.84. The van der Waals surface area contributed by atoms with Crippen LogP contribution in [0.25, 0.3) is 0 Å². The monoisotopic (exact) mass is 284 g/mol. The van der Waals surface area contributed by atoms with E-state index in [2.05, 4.69) is 37.3 Å². The minimum absolute atomic E-state index is 0.178. The summed E-state index contributed by atoms with van der Waals surface area (Å²) in [6.45, 7) is 8.77. The molecular formula is C14H24N2S2. The fraction of sp³-hybridized carbons (Fsp3) is 0.786. The maximum atomic E-state index is 4.53. The molecule has 1 heterocycles. The second-order valence-electron chi connectivity index (χ2n) is 6.23. The minimum atomic E-state index is 0.178. The van der Waals surface area contributed by atoms with Gasteiger partial charge >= 0.3 is 0 Å². The van der Waals surface area contributed by atoms with Crippen LogP contribution in [-0.4, -0.2) is 22.5 Å². The van der Waals surface area contributed by atoms with Crippen molar-refractivity contribution in [1.29, 1.82) is 0 Å². The van der Waals surface area contributed by atoms with Gasteiger partial charge in [0, 0.05) is 34.3 Å². The molecule has 0 radical (unpaired) electrons. The summed E-state index contributed by atoms with van der Waals surface area (Å²) < 4.78 is 0.525. The third-order valence-electron chi connectivity index (χ3n) is 3.64. The molecule has 0 spiro atoms. The van der Waals surface area contributed by atoms with Gasteiger partial charge in [0.15, 0.2) is 0 Å². The standard InChI is InChI=1S/C14H24N2S2/c1-13(2,3)12-16-9-11(18-12)8-15-10-14(17-4)6-5-7-14/h9,15H,5-8,10H2,1-4H3. The Kier molecular flexibility index (Phi) is 4.40. The Morgan fingerprint density at radius 2 is 2.17 bits per heavy atom. The van der Waals surface area contributed by atoms with E-state index in [9.17, 15) is 0 Å². The Morgan fingerprint density at radius 3 is 2.61 bits per heavy atom. The van der Waals surface area contributed by atoms with Crippen molar-refractivity contribution >= 4 is 23.1 Å². The number of hydrogen-bond donors (Lipinski definition) is 1. The molecule has 1 aliphatic carbocycles. The number of nitrogens with one attached hydrogen (secondary N) is 1. The summed E-state index contributed by atoms with van der Waals surface area (Å²) in [6.07, 6.45) is 8.42. The molecule has 0 amide bonds. The topological polar surface area (TPSA) is 24.9 Å². The first kappa shape index (κ1) is 14.4. The van der Waals surface area contributed by atoms with Crippen molar-refractivity contribution < 1.29 is 0 Å². The van der Waals surface area contributed by atoms with Gasteiger partial charge in [-0.25, -0.2) is 4.98 Å². The van der Waals surface area contributed by atoms with E-state index in [1.165, 1.54) is 29.1 Å². The molecule has 0 atom stereocenters. The zero-order chi connectivity index (χ0) is 13.2. The Bertz CT molecular complexity index is 383. The summed E-state index contributed by atoms with van der Waals surface area (Å²) in [5.74, 6) is 0. The molecule has 2 rings (SSSR count). The first-order chi connectivity index (χ1) is 8.45. The summed E-state index contributed by atoms with van der Waals surface area (Å²) in [4.78, 5) is 5.89. The van der Waals surface area contributed by atoms with E-state index in [-0.39, 0.29) is 5.41 Å². The van der Waals surface area contributed by atoms with E-state index < -0.39 is 0 Å². The van der Waals surface area contributed by atoms with Crippen LogP contribution in [0.3, 0.4) is 0 Å². The second kappa shape index (κ2) is 5.51. The van der Waals surface area contributed by atoms with Crippen molar-refractivity contribution in [3.8, 4) is 0 Å². The van der Waals surface area contributed by atoms with Crippen LogP contribution in [0.1, 0.15) is 49.9 Å². The summed E-state index contributed by atoms with van der Waals surface area (Å²) in [5.41, 5.74) is 0.178. The molecule has 1 N–H and O–H groups in total. The highest BCUT2D eigenvalue weighted by molar-refractivity contribution is 8.00. The van der Waals surface area contributed by atoms with Crippen LogP contribution in [0.2, 0.25) is 0 Å². The molecule has 0 aliphatic heterocycles. The van der Waals surface area contributed by atoms with E-state index in [1.807, 2.05) is 29.3 Å². The van der Waals surface area contributed by atoms with Gasteiger partial charge in [-0.1, -0.05) is 27.2 Å². The SMILES string of the molecule is CSC1(CNCc2cnc(C(C)(C)C)s2)CCC1. The Morgan fingerprint density at radius 1 is 1.44 bits per heavy atom. The quantitative estimate of drug-likeness (QED) is 0.890. The highest BCUT2D eigenvalue weighted by Crippen LogP contribution is 2.42. The normalized spacial score (nSPS) is 18.7. The third kappa shape index (κ3) is 3.28. The molecule has 102 valence electrons. The van der Waals surface area contributed by atoms with Gasteiger partial charge in [0.2, 0.25) is 0 Å². The highest BCUT2D eigenvalue weighted by Gasteiger charge is 2.35. The Balaban J connectivity index is 1.82. The van der Waals surface area contributed by atoms with Crippen molar-refractivity contribution in [1.82, 2.24) is 10.3 Å². The summed E-state index contributed by atoms with van der Waals surface area (Å²) in [7, 11) is 0. The van der Waals surface area contributed by atoms with E-state index in [0.29, 0.717) is 4.75 Å². The molecule has 1 aromatic rings. The lowest BCUT2D eigenvalue weighted by Crippen LogP contribution is -2.43. The molecule has 1 saturated carbocycles. The lowest BCUT2D eigenvalue weighted by molar-refractivity contribution is 0.346. The number of nitrogens with zero attached hydrogens (tertiary/aromatic N) is 1. The molecule has 4 heteroatoms. The van der Waals surface area contributed by atoms with Crippen LogP contribution in [0, 0.1) is 0 Å². The van der Waals surface area contributed by atoms with Gasteiger partial charge in [-0.2, -0.15) is 11.8 Å². The maximum Gasteiger partial charge on any atom is 0.0981 e. The van der Waals surface area contributed by atoms with Gasteiger partial charge in [-0.15, -0.1) is 11.3 Å². The summed E-state index contributed by atoms with van der Waals surface area (Å²) >= 11 is 3.87. The van der Waals surface area contributed by atoms with Crippen LogP contribution < -0.4 is 5.32 Å². The molecule has 2 nitrogen and oxygen atoms in total. The van der Waals surface area contributed by atoms with E-state index in [0.717, 1.165) is 13.1 Å². The van der Waals surface area contributed by atoms with Crippen LogP contribution in [0.5, 0.6) is 0 Å². The third-order valence-corrected chi connectivity index (χ3v) is 6.48. The predicted molar refractivity (Wildman–Crippen MR) is 82.6 cm³/mol. The van der Waals surface area contributed by atoms with Crippen LogP contribution >= 0.6 is 23.1 Å². The zero-order valence-corrected chi connectivity index (χ0v) is 13.5. The first-order valence-corrected chi connectivity index (χ1v) is 8.70. The fourth-order valence-corrected chi connectivity index (χ4v) is 4.06. The minimum Gasteiger partial charge on any atom is -0.310 e. The van der Waals surface area contributed by atoms with Crippen molar-refractivity contribution in [2.24, 2.45) is 0 Å². The average molecular weight is 284 g/mol. The lowest BCUT2D eigenvalue weighted by Gasteiger charge is -2.40. The summed E-state index contributed by atoms with van der Waals surface area (Å²) in [6, 6.07) is 0. The Hall–Kier alpha value is -0.0600. The Labute approximate surface area is 119 Å². The van der Waals surface area contributed by atoms with Crippen LogP contribution in [0.15, 0.2) is 6.20 Å². The molecule has 0 unspecified atom stereocenters. The number of hydrogen-bond acceptors (Lipinski definition) is 4. The molecule has 18 heavy (non-hydrogen) atoms. The molecule has 0 bridgehead atoms. The number of rotatable bonds is 5. The van der Waals surface area contributed by atoms with Gasteiger partial charge in [-0.3, -0.25) is 0 Å². The molecule has 1 aliphatic rings. The van der Waals surface area contributed by atoms with Crippen molar-refractivity contribution in [3.05, 3.63) is 16.1 Å². The molecule has 1 fully saturated rings. The van der Waals surface area contributed by atoms with Crippen molar-refractivity contribution in [2.75, 3.05) is 12.8 Å². The van der Waals surface area contributed by atoms with Gasteiger partial charge in [0.05, 0.1) is 5.01 Å². The van der Waals surface area contributed by atoms with E-state index in [4.69, 9.17) is 0 Å². The summed E-state index contributed by atoms with van der Waals surface area (Å²) in [5, 5.41) is 4.85. The molecular weight excluding hydrogens is 260 g/mol. The van der Waals surface area contributed by atoms with Crippen molar-refractivity contribution in [2.45, 2.75) is 56.7 Å². The van der Waals surface area contributed by atoms with Crippen LogP contribution in [-0.2, 0) is 12.0 Å². The highest BCUT2D eigenvalue weighted by atomic mass is 32.2. The molecule has 1 aromatic heterocycles. The van der Waals surface area contributed by atoms with E-state index in [1.54, 1.807) is 0 Å². The van der Waals surface area contributed by atoms with E-state index >= 15 is 0 Å². The molecule has 0 aromatic carbocycles. The predicted octanol–water partition coefficient (Wildman–Crippen LogP) is 3.82. The zero-order valence-electron chi connectivity index (χ0n) is 11.9. The number of thioether (sulfide) groups is 1. The van der Waals surface area contributed by atoms with Crippen LogP contribution in [0.4, 0.5) is 0 Å². The first-order valence-electron chi connectivity index (χ1n) is 6.66. The second-order valence-corrected chi connectivity index (χ2v) is 8.62. The largest absolute Gasteiger partial charge is 0.310 e. The maximum absolute atomic E-state index is 4.53. The van der Waals surface area contributed by atoms with Crippen molar-refractivity contribution in [3.63, 3.8) is 0 Å². The van der Waals surface area contributed by atoms with Gasteiger partial charge in [-0.05, 0) is 19.1 Å². The average Bonchev–Trinajstić information content (AvgIpc) is 2.70. The fourth-order valence-electron chi connectivity index (χ4n) is 2.17. The van der Waals surface area contributed by atoms with Gasteiger partial charge in [0.1, 0.15) is 0 Å². The van der Waals surface area contributed by atoms with Gasteiger partial charge in [0.25, 0.3) is 0 Å².